The molecule has 0 radical (unpaired) electrons. The van der Waals surface area contributed by atoms with Crippen molar-refractivity contribution >= 4 is 11.6 Å². The number of anilines is 1. The molecule has 1 amide bonds. The monoisotopic (exact) mass is 254 g/mol. The summed E-state index contributed by atoms with van der Waals surface area (Å²) in [6.45, 7) is 2.71. The van der Waals surface area contributed by atoms with Crippen LogP contribution in [-0.2, 0) is 0 Å². The van der Waals surface area contributed by atoms with Gasteiger partial charge in [-0.05, 0) is 35.7 Å². The van der Waals surface area contributed by atoms with E-state index in [1.54, 1.807) is 24.3 Å². The van der Waals surface area contributed by atoms with Crippen LogP contribution in [0.25, 0.3) is 0 Å². The number of hydrogen-bond donors (Lipinski definition) is 2. The lowest BCUT2D eigenvalue weighted by atomic mass is 10.0. The minimum Gasteiger partial charge on any atom is -0.399 e. The van der Waals surface area contributed by atoms with Gasteiger partial charge in [0.1, 0.15) is 0 Å². The van der Waals surface area contributed by atoms with Crippen LogP contribution in [0, 0.1) is 0 Å². The van der Waals surface area contributed by atoms with E-state index in [0.29, 0.717) is 23.7 Å². The second-order valence-corrected chi connectivity index (χ2v) is 4.64. The van der Waals surface area contributed by atoms with E-state index in [4.69, 9.17) is 5.73 Å². The first-order valence-electron chi connectivity index (χ1n) is 6.35. The van der Waals surface area contributed by atoms with Crippen LogP contribution < -0.4 is 11.1 Å². The summed E-state index contributed by atoms with van der Waals surface area (Å²) in [6.07, 6.45) is 0. The number of nitrogens with two attached hydrogens (primary N) is 1. The first-order valence-corrected chi connectivity index (χ1v) is 6.35. The topological polar surface area (TPSA) is 55.1 Å². The van der Waals surface area contributed by atoms with Crippen molar-refractivity contribution in [2.45, 2.75) is 12.8 Å². The number of nitrogens with one attached hydrogen (secondary N) is 1. The van der Waals surface area contributed by atoms with Gasteiger partial charge < -0.3 is 11.1 Å². The Hall–Kier alpha value is -2.29. The van der Waals surface area contributed by atoms with E-state index in [1.165, 1.54) is 5.56 Å². The van der Waals surface area contributed by atoms with Gasteiger partial charge in [-0.15, -0.1) is 0 Å². The van der Waals surface area contributed by atoms with Crippen LogP contribution in [0.2, 0.25) is 0 Å². The second kappa shape index (κ2) is 6.05. The van der Waals surface area contributed by atoms with E-state index in [0.717, 1.165) is 0 Å². The van der Waals surface area contributed by atoms with Gasteiger partial charge in [0.15, 0.2) is 0 Å². The van der Waals surface area contributed by atoms with Crippen LogP contribution in [0.15, 0.2) is 54.6 Å². The van der Waals surface area contributed by atoms with E-state index < -0.39 is 0 Å². The van der Waals surface area contributed by atoms with Gasteiger partial charge in [0, 0.05) is 17.8 Å². The summed E-state index contributed by atoms with van der Waals surface area (Å²) in [7, 11) is 0. The summed E-state index contributed by atoms with van der Waals surface area (Å²) in [5.74, 6) is 0.224. The molecule has 0 aliphatic heterocycles. The Morgan fingerprint density at radius 3 is 2.37 bits per heavy atom. The number of nitrogen functional groups attached to an aromatic ring is 1. The van der Waals surface area contributed by atoms with Gasteiger partial charge in [-0.2, -0.15) is 0 Å². The molecule has 0 heterocycles. The lowest BCUT2D eigenvalue weighted by Crippen LogP contribution is -2.27. The average molecular weight is 254 g/mol. The van der Waals surface area contributed by atoms with Crippen LogP contribution >= 0.6 is 0 Å². The largest absolute Gasteiger partial charge is 0.399 e. The van der Waals surface area contributed by atoms with Crippen molar-refractivity contribution in [3.8, 4) is 0 Å². The molecular formula is C16H18N2O. The van der Waals surface area contributed by atoms with Gasteiger partial charge >= 0.3 is 0 Å². The predicted molar refractivity (Wildman–Crippen MR) is 78.0 cm³/mol. The molecule has 0 aliphatic carbocycles. The molecule has 0 saturated carbocycles. The van der Waals surface area contributed by atoms with Gasteiger partial charge in [-0.3, -0.25) is 4.79 Å². The van der Waals surface area contributed by atoms with Crippen LogP contribution in [0.3, 0.4) is 0 Å². The molecule has 98 valence electrons. The van der Waals surface area contributed by atoms with Crippen molar-refractivity contribution in [1.82, 2.24) is 5.32 Å². The second-order valence-electron chi connectivity index (χ2n) is 4.64. The molecule has 1 atom stereocenters. The highest BCUT2D eigenvalue weighted by molar-refractivity contribution is 5.94. The fourth-order valence-electron chi connectivity index (χ4n) is 1.88. The first kappa shape index (κ1) is 13.1. The van der Waals surface area contributed by atoms with Crippen molar-refractivity contribution < 1.29 is 4.79 Å². The Kier molecular flexibility index (Phi) is 4.18. The SMILES string of the molecule is C[C@H](CNC(=O)c1ccc(N)cc1)c1ccccc1. The minimum absolute atomic E-state index is 0.0669. The maximum absolute atomic E-state index is 11.9. The molecule has 0 saturated heterocycles. The number of carbonyl (C=O) groups is 1. The molecule has 19 heavy (non-hydrogen) atoms. The Morgan fingerprint density at radius 1 is 1.11 bits per heavy atom. The third-order valence-electron chi connectivity index (χ3n) is 3.11. The molecule has 2 aromatic rings. The number of carbonyl (C=O) groups excluding carboxylic acids is 1. The summed E-state index contributed by atoms with van der Waals surface area (Å²) >= 11 is 0. The highest BCUT2D eigenvalue weighted by Crippen LogP contribution is 2.13. The minimum atomic E-state index is -0.0669. The Balaban J connectivity index is 1.92. The van der Waals surface area contributed by atoms with Gasteiger partial charge in [-0.25, -0.2) is 0 Å². The molecule has 2 aromatic carbocycles. The molecule has 0 fully saturated rings. The lowest BCUT2D eigenvalue weighted by Gasteiger charge is -2.13. The number of benzene rings is 2. The van der Waals surface area contributed by atoms with Crippen molar-refractivity contribution in [3.05, 3.63) is 65.7 Å². The Morgan fingerprint density at radius 2 is 1.74 bits per heavy atom. The zero-order chi connectivity index (χ0) is 13.7. The molecule has 0 aromatic heterocycles. The first-order chi connectivity index (χ1) is 9.16. The fraction of sp³-hybridized carbons (Fsp3) is 0.188. The molecule has 0 spiro atoms. The molecule has 0 aliphatic rings. The molecular weight excluding hydrogens is 236 g/mol. The molecule has 0 unspecified atom stereocenters. The van der Waals surface area contributed by atoms with Gasteiger partial charge in [0.05, 0.1) is 0 Å². The summed E-state index contributed by atoms with van der Waals surface area (Å²) in [5, 5.41) is 2.94. The highest BCUT2D eigenvalue weighted by Gasteiger charge is 2.08. The van der Waals surface area contributed by atoms with Gasteiger partial charge in [0.25, 0.3) is 5.91 Å². The van der Waals surface area contributed by atoms with Crippen LogP contribution in [0.1, 0.15) is 28.8 Å². The smallest absolute Gasteiger partial charge is 0.251 e. The third-order valence-corrected chi connectivity index (χ3v) is 3.11. The van der Waals surface area contributed by atoms with Crippen molar-refractivity contribution in [2.24, 2.45) is 0 Å². The predicted octanol–water partition coefficient (Wildman–Crippen LogP) is 2.80. The molecule has 3 N–H and O–H groups in total. The number of hydrogen-bond acceptors (Lipinski definition) is 2. The van der Waals surface area contributed by atoms with Gasteiger partial charge in [-0.1, -0.05) is 37.3 Å². The zero-order valence-corrected chi connectivity index (χ0v) is 11.0. The maximum atomic E-state index is 11.9. The fourth-order valence-corrected chi connectivity index (χ4v) is 1.88. The Labute approximate surface area is 113 Å². The van der Waals surface area contributed by atoms with Crippen molar-refractivity contribution in [1.29, 1.82) is 0 Å². The van der Waals surface area contributed by atoms with Crippen LogP contribution in [0.5, 0.6) is 0 Å². The van der Waals surface area contributed by atoms with E-state index in [2.05, 4.69) is 24.4 Å². The standard InChI is InChI=1S/C16H18N2O/c1-12(13-5-3-2-4-6-13)11-18-16(19)14-7-9-15(17)10-8-14/h2-10,12H,11,17H2,1H3,(H,18,19)/t12-/m1/s1. The van der Waals surface area contributed by atoms with E-state index >= 15 is 0 Å². The molecule has 3 heteroatoms. The Bertz CT molecular complexity index is 534. The van der Waals surface area contributed by atoms with Crippen molar-refractivity contribution in [3.63, 3.8) is 0 Å². The highest BCUT2D eigenvalue weighted by atomic mass is 16.1. The van der Waals surface area contributed by atoms with Gasteiger partial charge in [0.2, 0.25) is 0 Å². The molecule has 2 rings (SSSR count). The normalized spacial score (nSPS) is 11.8. The zero-order valence-electron chi connectivity index (χ0n) is 11.0. The van der Waals surface area contributed by atoms with E-state index in [1.807, 2.05) is 18.2 Å². The average Bonchev–Trinajstić information content (AvgIpc) is 2.46. The number of rotatable bonds is 4. The lowest BCUT2D eigenvalue weighted by molar-refractivity contribution is 0.0951. The van der Waals surface area contributed by atoms with E-state index in [9.17, 15) is 4.79 Å². The molecule has 3 nitrogen and oxygen atoms in total. The summed E-state index contributed by atoms with van der Waals surface area (Å²) < 4.78 is 0. The van der Waals surface area contributed by atoms with E-state index in [-0.39, 0.29) is 5.91 Å². The molecule has 0 bridgehead atoms. The summed E-state index contributed by atoms with van der Waals surface area (Å²) in [4.78, 5) is 11.9. The summed E-state index contributed by atoms with van der Waals surface area (Å²) in [6, 6.07) is 17.1. The van der Waals surface area contributed by atoms with Crippen molar-refractivity contribution in [2.75, 3.05) is 12.3 Å². The maximum Gasteiger partial charge on any atom is 0.251 e. The quantitative estimate of drug-likeness (QED) is 0.824. The van der Waals surface area contributed by atoms with Crippen LogP contribution in [0.4, 0.5) is 5.69 Å². The van der Waals surface area contributed by atoms with Crippen LogP contribution in [-0.4, -0.2) is 12.5 Å². The summed E-state index contributed by atoms with van der Waals surface area (Å²) in [5.41, 5.74) is 8.11. The number of amides is 1. The third kappa shape index (κ3) is 3.58.